The number of hydrogen-bond donors (Lipinski definition) is 1. The number of sulfone groups is 1. The average molecular weight is 274 g/mol. The maximum absolute atomic E-state index is 11.8. The summed E-state index contributed by atoms with van der Waals surface area (Å²) in [5.74, 6) is -0.0421. The molecule has 102 valence electrons. The van der Waals surface area contributed by atoms with Crippen LogP contribution >= 0.6 is 0 Å². The fraction of sp³-hybridized carbons (Fsp3) is 0.818. The van der Waals surface area contributed by atoms with Gasteiger partial charge in [-0.15, -0.1) is 0 Å². The lowest BCUT2D eigenvalue weighted by atomic mass is 10.1. The van der Waals surface area contributed by atoms with Crippen LogP contribution in [0.3, 0.4) is 0 Å². The van der Waals surface area contributed by atoms with E-state index in [2.05, 4.69) is 5.32 Å². The number of nitrogens with zero attached hydrogens (tertiary/aromatic N) is 1. The molecule has 2 aliphatic heterocycles. The summed E-state index contributed by atoms with van der Waals surface area (Å²) in [4.78, 5) is 24.7. The van der Waals surface area contributed by atoms with E-state index in [9.17, 15) is 18.0 Å². The second-order valence-corrected chi connectivity index (χ2v) is 7.42. The Bertz CT molecular complexity index is 460. The zero-order valence-corrected chi connectivity index (χ0v) is 11.2. The average Bonchev–Trinajstić information content (AvgIpc) is 2.80. The fourth-order valence-electron chi connectivity index (χ4n) is 2.46. The predicted octanol–water partition coefficient (Wildman–Crippen LogP) is -0.984. The highest BCUT2D eigenvalue weighted by Gasteiger charge is 2.33. The summed E-state index contributed by atoms with van der Waals surface area (Å²) >= 11 is 0. The number of hydrogen-bond acceptors (Lipinski definition) is 4. The van der Waals surface area contributed by atoms with Crippen molar-refractivity contribution in [2.24, 2.45) is 11.8 Å². The molecule has 2 heterocycles. The first-order valence-corrected chi connectivity index (χ1v) is 7.91. The van der Waals surface area contributed by atoms with Crippen molar-refractivity contribution in [2.75, 3.05) is 31.6 Å². The second kappa shape index (κ2) is 4.87. The summed E-state index contributed by atoms with van der Waals surface area (Å²) in [6.45, 7) is 0.847. The number of carbonyl (C=O) groups is 2. The third-order valence-electron chi connectivity index (χ3n) is 3.60. The molecule has 2 aliphatic rings. The molecule has 2 amide bonds. The summed E-state index contributed by atoms with van der Waals surface area (Å²) < 4.78 is 22.5. The first-order valence-electron chi connectivity index (χ1n) is 6.09. The minimum absolute atomic E-state index is 0.0152. The Morgan fingerprint density at radius 3 is 2.72 bits per heavy atom. The normalized spacial score (nSPS) is 30.7. The molecular formula is C11H18N2O4S. The van der Waals surface area contributed by atoms with Gasteiger partial charge in [-0.25, -0.2) is 8.42 Å². The third-order valence-corrected chi connectivity index (χ3v) is 5.44. The van der Waals surface area contributed by atoms with Crippen molar-refractivity contribution < 1.29 is 18.0 Å². The van der Waals surface area contributed by atoms with Gasteiger partial charge in [0.05, 0.1) is 17.4 Å². The van der Waals surface area contributed by atoms with Gasteiger partial charge in [0.1, 0.15) is 0 Å². The molecule has 0 aromatic carbocycles. The van der Waals surface area contributed by atoms with E-state index < -0.39 is 9.84 Å². The standard InChI is InChI=1S/C11H18N2O4S/c1-13-6-9(4-10(13)14)11(15)12-5-8-2-3-18(16,17)7-8/h8-9H,2-7H2,1H3,(H,12,15)/t8-,9+/m1/s1. The van der Waals surface area contributed by atoms with Crippen LogP contribution in [0.2, 0.25) is 0 Å². The van der Waals surface area contributed by atoms with Crippen LogP contribution < -0.4 is 5.32 Å². The highest BCUT2D eigenvalue weighted by atomic mass is 32.2. The van der Waals surface area contributed by atoms with Crippen molar-refractivity contribution in [3.63, 3.8) is 0 Å². The third kappa shape index (κ3) is 3.01. The van der Waals surface area contributed by atoms with Crippen LogP contribution in [-0.2, 0) is 19.4 Å². The maximum Gasteiger partial charge on any atom is 0.225 e. The Morgan fingerprint density at radius 1 is 1.50 bits per heavy atom. The van der Waals surface area contributed by atoms with Crippen LogP contribution in [0.25, 0.3) is 0 Å². The zero-order valence-electron chi connectivity index (χ0n) is 10.4. The van der Waals surface area contributed by atoms with Gasteiger partial charge in [-0.1, -0.05) is 0 Å². The van der Waals surface area contributed by atoms with E-state index in [0.717, 1.165) is 0 Å². The Morgan fingerprint density at radius 2 is 2.22 bits per heavy atom. The minimum atomic E-state index is -2.89. The molecule has 0 radical (unpaired) electrons. The van der Waals surface area contributed by atoms with Gasteiger partial charge in [0.25, 0.3) is 0 Å². The molecule has 6 nitrogen and oxygen atoms in total. The van der Waals surface area contributed by atoms with Gasteiger partial charge in [0, 0.05) is 26.6 Å². The first-order chi connectivity index (χ1) is 8.37. The van der Waals surface area contributed by atoms with Gasteiger partial charge in [-0.05, 0) is 12.3 Å². The van der Waals surface area contributed by atoms with E-state index in [0.29, 0.717) is 19.5 Å². The topological polar surface area (TPSA) is 83.6 Å². The lowest BCUT2D eigenvalue weighted by Crippen LogP contribution is -2.35. The van der Waals surface area contributed by atoms with Gasteiger partial charge in [-0.2, -0.15) is 0 Å². The number of nitrogens with one attached hydrogen (secondary N) is 1. The smallest absolute Gasteiger partial charge is 0.225 e. The highest BCUT2D eigenvalue weighted by Crippen LogP contribution is 2.19. The van der Waals surface area contributed by atoms with E-state index in [1.165, 1.54) is 0 Å². The largest absolute Gasteiger partial charge is 0.355 e. The quantitative estimate of drug-likeness (QED) is 0.716. The molecule has 2 fully saturated rings. The summed E-state index contributed by atoms with van der Waals surface area (Å²) in [5, 5.41) is 2.76. The van der Waals surface area contributed by atoms with Crippen LogP contribution in [0.1, 0.15) is 12.8 Å². The molecule has 7 heteroatoms. The van der Waals surface area contributed by atoms with Gasteiger partial charge in [0.2, 0.25) is 11.8 Å². The summed E-state index contributed by atoms with van der Waals surface area (Å²) in [6, 6.07) is 0. The molecule has 0 spiro atoms. The van der Waals surface area contributed by atoms with Crippen molar-refractivity contribution >= 4 is 21.7 Å². The number of amides is 2. The Hall–Kier alpha value is -1.11. The van der Waals surface area contributed by atoms with E-state index in [-0.39, 0.29) is 41.6 Å². The zero-order chi connectivity index (χ0) is 13.3. The van der Waals surface area contributed by atoms with E-state index >= 15 is 0 Å². The lowest BCUT2D eigenvalue weighted by molar-refractivity contribution is -0.128. The molecule has 0 unspecified atom stereocenters. The van der Waals surface area contributed by atoms with Crippen molar-refractivity contribution in [1.29, 1.82) is 0 Å². The molecule has 2 atom stereocenters. The van der Waals surface area contributed by atoms with Crippen molar-refractivity contribution in [3.8, 4) is 0 Å². The molecule has 0 bridgehead atoms. The van der Waals surface area contributed by atoms with E-state index in [1.807, 2.05) is 0 Å². The SMILES string of the molecule is CN1C[C@@H](C(=O)NC[C@H]2CCS(=O)(=O)C2)CC1=O. The van der Waals surface area contributed by atoms with Crippen molar-refractivity contribution in [2.45, 2.75) is 12.8 Å². The summed E-state index contributed by atoms with van der Waals surface area (Å²) in [5.41, 5.74) is 0. The monoisotopic (exact) mass is 274 g/mol. The van der Waals surface area contributed by atoms with E-state index in [4.69, 9.17) is 0 Å². The molecule has 0 aliphatic carbocycles. The van der Waals surface area contributed by atoms with Crippen LogP contribution in [0.5, 0.6) is 0 Å². The second-order valence-electron chi connectivity index (χ2n) is 5.19. The number of carbonyl (C=O) groups excluding carboxylic acids is 2. The van der Waals surface area contributed by atoms with Crippen molar-refractivity contribution in [3.05, 3.63) is 0 Å². The molecule has 2 saturated heterocycles. The molecular weight excluding hydrogens is 256 g/mol. The van der Waals surface area contributed by atoms with E-state index in [1.54, 1.807) is 11.9 Å². The molecule has 1 N–H and O–H groups in total. The molecule has 2 rings (SSSR count). The first kappa shape index (κ1) is 13.3. The van der Waals surface area contributed by atoms with Gasteiger partial charge in [0.15, 0.2) is 9.84 Å². The lowest BCUT2D eigenvalue weighted by Gasteiger charge is -2.13. The van der Waals surface area contributed by atoms with Crippen LogP contribution in [0.15, 0.2) is 0 Å². The van der Waals surface area contributed by atoms with Crippen LogP contribution in [0, 0.1) is 11.8 Å². The van der Waals surface area contributed by atoms with Gasteiger partial charge in [-0.3, -0.25) is 9.59 Å². The Kier molecular flexibility index (Phi) is 3.61. The Balaban J connectivity index is 1.78. The minimum Gasteiger partial charge on any atom is -0.355 e. The maximum atomic E-state index is 11.8. The summed E-state index contributed by atoms with van der Waals surface area (Å²) in [6.07, 6.45) is 0.872. The van der Waals surface area contributed by atoms with Crippen LogP contribution in [-0.4, -0.2) is 56.8 Å². The number of likely N-dealkylation sites (tertiary alicyclic amines) is 1. The summed E-state index contributed by atoms with van der Waals surface area (Å²) in [7, 11) is -1.21. The van der Waals surface area contributed by atoms with Crippen LogP contribution in [0.4, 0.5) is 0 Å². The number of rotatable bonds is 3. The predicted molar refractivity (Wildman–Crippen MR) is 65.5 cm³/mol. The fourth-order valence-corrected chi connectivity index (χ4v) is 4.32. The highest BCUT2D eigenvalue weighted by molar-refractivity contribution is 7.91. The van der Waals surface area contributed by atoms with Gasteiger partial charge >= 0.3 is 0 Å². The van der Waals surface area contributed by atoms with Crippen molar-refractivity contribution in [1.82, 2.24) is 10.2 Å². The molecule has 0 aromatic rings. The molecule has 18 heavy (non-hydrogen) atoms. The Labute approximate surface area is 107 Å². The van der Waals surface area contributed by atoms with Gasteiger partial charge < -0.3 is 10.2 Å². The molecule has 0 aromatic heterocycles. The molecule has 0 saturated carbocycles.